The first-order valence-electron chi connectivity index (χ1n) is 9.52. The van der Waals surface area contributed by atoms with Crippen molar-refractivity contribution in [1.82, 2.24) is 9.97 Å². The molecule has 1 aromatic heterocycles. The van der Waals surface area contributed by atoms with Gasteiger partial charge in [-0.1, -0.05) is 42.5 Å². The maximum atomic E-state index is 15.1. The lowest BCUT2D eigenvalue weighted by molar-refractivity contribution is 0.306. The number of hydrogen-bond donors (Lipinski definition) is 1. The average Bonchev–Trinajstić information content (AvgIpc) is 2.78. The predicted molar refractivity (Wildman–Crippen MR) is 113 cm³/mol. The van der Waals surface area contributed by atoms with Gasteiger partial charge in [0, 0.05) is 11.1 Å². The number of fused-ring (bicyclic) bond motifs is 3. The van der Waals surface area contributed by atoms with E-state index in [4.69, 9.17) is 9.47 Å². The monoisotopic (exact) mass is 400 g/mol. The van der Waals surface area contributed by atoms with Crippen LogP contribution in [0.3, 0.4) is 0 Å². The van der Waals surface area contributed by atoms with Gasteiger partial charge in [-0.2, -0.15) is 0 Å². The van der Waals surface area contributed by atoms with Crippen LogP contribution in [-0.2, 0) is 6.61 Å². The maximum Gasteiger partial charge on any atom is 0.262 e. The third-order valence-electron chi connectivity index (χ3n) is 5.02. The molecule has 0 radical (unpaired) electrons. The zero-order valence-corrected chi connectivity index (χ0v) is 15.9. The molecule has 0 fully saturated rings. The molecule has 0 unspecified atom stereocenters. The van der Waals surface area contributed by atoms with Crippen molar-refractivity contribution in [1.29, 1.82) is 0 Å². The molecule has 0 saturated heterocycles. The quantitative estimate of drug-likeness (QED) is 0.539. The second-order valence-electron chi connectivity index (χ2n) is 6.89. The first-order chi connectivity index (χ1) is 14.7. The van der Waals surface area contributed by atoms with Crippen LogP contribution in [0.5, 0.6) is 11.5 Å². The molecule has 3 aromatic carbocycles. The Morgan fingerprint density at radius 2 is 2.00 bits per heavy atom. The van der Waals surface area contributed by atoms with E-state index in [1.165, 1.54) is 12.4 Å². The molecule has 2 heterocycles. The van der Waals surface area contributed by atoms with Crippen LogP contribution in [0.15, 0.2) is 71.8 Å². The Kier molecular flexibility index (Phi) is 4.52. The number of ether oxygens (including phenoxy) is 2. The summed E-state index contributed by atoms with van der Waals surface area (Å²) in [4.78, 5) is 19.2. The molecule has 148 valence electrons. The largest absolute Gasteiger partial charge is 0.488 e. The van der Waals surface area contributed by atoms with Crippen molar-refractivity contribution in [2.24, 2.45) is 0 Å². The van der Waals surface area contributed by atoms with Crippen molar-refractivity contribution >= 4 is 17.0 Å². The molecule has 0 spiro atoms. The fraction of sp³-hybridized carbons (Fsp3) is 0.0833. The number of nitrogens with zero attached hydrogens (tertiary/aromatic N) is 1. The second kappa shape index (κ2) is 7.48. The van der Waals surface area contributed by atoms with E-state index in [9.17, 15) is 4.79 Å². The molecule has 0 bridgehead atoms. The molecule has 5 nitrogen and oxygen atoms in total. The highest BCUT2D eigenvalue weighted by Crippen LogP contribution is 2.42. The van der Waals surface area contributed by atoms with Gasteiger partial charge in [0.05, 0.1) is 17.4 Å². The van der Waals surface area contributed by atoms with Crippen molar-refractivity contribution in [3.8, 4) is 22.6 Å². The molecule has 0 aliphatic carbocycles. The van der Waals surface area contributed by atoms with E-state index in [0.29, 0.717) is 52.3 Å². The summed E-state index contributed by atoms with van der Waals surface area (Å²) in [5.41, 5.74) is 2.61. The number of halogens is 1. The normalized spacial score (nSPS) is 12.4. The molecule has 4 aromatic rings. The van der Waals surface area contributed by atoms with Crippen molar-refractivity contribution < 1.29 is 13.9 Å². The third kappa shape index (κ3) is 3.12. The van der Waals surface area contributed by atoms with E-state index in [-0.39, 0.29) is 5.56 Å². The molecule has 30 heavy (non-hydrogen) atoms. The van der Waals surface area contributed by atoms with Crippen LogP contribution in [-0.4, -0.2) is 16.6 Å². The van der Waals surface area contributed by atoms with E-state index >= 15 is 4.39 Å². The van der Waals surface area contributed by atoms with Crippen molar-refractivity contribution in [2.75, 3.05) is 6.61 Å². The maximum absolute atomic E-state index is 15.1. The SMILES string of the molecule is O=c1[nH]cnc2cc(-c3c(F)cccc3OCc3ccccc3)c3c(c12)OCC=C3. The molecule has 1 N–H and O–H groups in total. The van der Waals surface area contributed by atoms with Gasteiger partial charge >= 0.3 is 0 Å². The second-order valence-corrected chi connectivity index (χ2v) is 6.89. The van der Waals surface area contributed by atoms with Crippen LogP contribution in [0, 0.1) is 5.82 Å². The van der Waals surface area contributed by atoms with E-state index < -0.39 is 5.82 Å². The van der Waals surface area contributed by atoms with Gasteiger partial charge in [-0.3, -0.25) is 4.79 Å². The van der Waals surface area contributed by atoms with E-state index in [2.05, 4.69) is 9.97 Å². The molecule has 0 atom stereocenters. The summed E-state index contributed by atoms with van der Waals surface area (Å²) in [6, 6.07) is 16.1. The summed E-state index contributed by atoms with van der Waals surface area (Å²) < 4.78 is 26.8. The van der Waals surface area contributed by atoms with Crippen LogP contribution >= 0.6 is 0 Å². The zero-order chi connectivity index (χ0) is 20.5. The minimum Gasteiger partial charge on any atom is -0.488 e. The Morgan fingerprint density at radius 1 is 1.13 bits per heavy atom. The van der Waals surface area contributed by atoms with Crippen LogP contribution < -0.4 is 15.0 Å². The Hall–Kier alpha value is -3.93. The number of nitrogens with one attached hydrogen (secondary N) is 1. The average molecular weight is 400 g/mol. The van der Waals surface area contributed by atoms with Crippen molar-refractivity contribution in [3.63, 3.8) is 0 Å². The number of benzene rings is 3. The summed E-state index contributed by atoms with van der Waals surface area (Å²) >= 11 is 0. The minimum atomic E-state index is -0.425. The van der Waals surface area contributed by atoms with Crippen LogP contribution in [0.1, 0.15) is 11.1 Å². The standard InChI is InChI=1S/C24H17FN2O3/c25-18-9-4-10-20(30-13-15-6-2-1-3-7-15)21(18)17-12-19-22(24(28)27-14-26-19)23-16(17)8-5-11-29-23/h1-10,12,14H,11,13H2,(H,26,27,28). The zero-order valence-electron chi connectivity index (χ0n) is 15.9. The van der Waals surface area contributed by atoms with Gasteiger partial charge in [0.15, 0.2) is 0 Å². The lowest BCUT2D eigenvalue weighted by atomic mass is 9.94. The Bertz CT molecular complexity index is 1330. The number of rotatable bonds is 4. The Balaban J connectivity index is 1.70. The smallest absolute Gasteiger partial charge is 0.262 e. The highest BCUT2D eigenvalue weighted by Gasteiger charge is 2.23. The lowest BCUT2D eigenvalue weighted by Crippen LogP contribution is -2.12. The van der Waals surface area contributed by atoms with Gasteiger partial charge in [0.2, 0.25) is 0 Å². The van der Waals surface area contributed by atoms with Gasteiger partial charge in [0.25, 0.3) is 5.56 Å². The highest BCUT2D eigenvalue weighted by molar-refractivity contribution is 5.97. The number of H-pyrrole nitrogens is 1. The summed E-state index contributed by atoms with van der Waals surface area (Å²) in [6.45, 7) is 0.631. The fourth-order valence-electron chi connectivity index (χ4n) is 3.65. The molecule has 1 aliphatic heterocycles. The van der Waals surface area contributed by atoms with E-state index in [1.807, 2.05) is 42.5 Å². The molecule has 0 saturated carbocycles. The van der Waals surface area contributed by atoms with Gasteiger partial charge in [-0.15, -0.1) is 0 Å². The summed E-state index contributed by atoms with van der Waals surface area (Å²) in [7, 11) is 0. The summed E-state index contributed by atoms with van der Waals surface area (Å²) in [6.07, 6.45) is 4.99. The molecular formula is C24H17FN2O3. The van der Waals surface area contributed by atoms with Gasteiger partial charge in [0.1, 0.15) is 35.9 Å². The number of aromatic amines is 1. The number of hydrogen-bond acceptors (Lipinski definition) is 4. The van der Waals surface area contributed by atoms with Crippen molar-refractivity contribution in [2.45, 2.75) is 6.61 Å². The highest BCUT2D eigenvalue weighted by atomic mass is 19.1. The predicted octanol–water partition coefficient (Wildman–Crippen LogP) is 4.71. The first-order valence-corrected chi connectivity index (χ1v) is 9.52. The topological polar surface area (TPSA) is 64.2 Å². The molecular weight excluding hydrogens is 383 g/mol. The van der Waals surface area contributed by atoms with Crippen LogP contribution in [0.25, 0.3) is 28.1 Å². The van der Waals surface area contributed by atoms with Gasteiger partial charge in [-0.25, -0.2) is 9.37 Å². The fourth-order valence-corrected chi connectivity index (χ4v) is 3.65. The summed E-state index contributed by atoms with van der Waals surface area (Å²) in [5, 5.41) is 0.351. The van der Waals surface area contributed by atoms with Crippen molar-refractivity contribution in [3.05, 3.63) is 94.3 Å². The number of aromatic nitrogens is 2. The molecule has 1 aliphatic rings. The van der Waals surface area contributed by atoms with Crippen LogP contribution in [0.4, 0.5) is 4.39 Å². The van der Waals surface area contributed by atoms with E-state index in [0.717, 1.165) is 5.56 Å². The van der Waals surface area contributed by atoms with Crippen LogP contribution in [0.2, 0.25) is 0 Å². The Morgan fingerprint density at radius 3 is 2.87 bits per heavy atom. The molecule has 6 heteroatoms. The third-order valence-corrected chi connectivity index (χ3v) is 5.02. The Labute approximate surface area is 171 Å². The van der Waals surface area contributed by atoms with Gasteiger partial charge in [-0.05, 0) is 29.8 Å². The van der Waals surface area contributed by atoms with E-state index in [1.54, 1.807) is 18.2 Å². The molecule has 5 rings (SSSR count). The van der Waals surface area contributed by atoms with Gasteiger partial charge < -0.3 is 14.5 Å². The summed E-state index contributed by atoms with van der Waals surface area (Å²) in [5.74, 6) is 0.381. The molecule has 0 amide bonds. The minimum absolute atomic E-state index is 0.299. The lowest BCUT2D eigenvalue weighted by Gasteiger charge is -2.20. The first kappa shape index (κ1) is 18.1.